The Morgan fingerprint density at radius 1 is 1.10 bits per heavy atom. The van der Waals surface area contributed by atoms with Crippen molar-refractivity contribution >= 4 is 16.5 Å². The van der Waals surface area contributed by atoms with Gasteiger partial charge in [0, 0.05) is 5.69 Å². The van der Waals surface area contributed by atoms with Gasteiger partial charge in [0.2, 0.25) is 5.82 Å². The van der Waals surface area contributed by atoms with Crippen molar-refractivity contribution in [2.45, 2.75) is 0 Å². The Morgan fingerprint density at radius 3 is 2.67 bits per heavy atom. The summed E-state index contributed by atoms with van der Waals surface area (Å²) in [5, 5.41) is 16.2. The number of hydrogen-bond donors (Lipinski definition) is 2. The van der Waals surface area contributed by atoms with Gasteiger partial charge in [-0.25, -0.2) is 0 Å². The number of nitrogens with zero attached hydrogens (tertiary/aromatic N) is 4. The summed E-state index contributed by atoms with van der Waals surface area (Å²) in [5.74, 6) is 0.725. The first kappa shape index (κ1) is 11.6. The van der Waals surface area contributed by atoms with E-state index in [-0.39, 0.29) is 0 Å². The van der Waals surface area contributed by atoms with Crippen molar-refractivity contribution < 1.29 is 4.52 Å². The zero-order valence-electron chi connectivity index (χ0n) is 10.8. The molecule has 21 heavy (non-hydrogen) atoms. The zero-order valence-corrected chi connectivity index (χ0v) is 10.8. The largest absolute Gasteiger partial charge is 0.398 e. The van der Waals surface area contributed by atoms with E-state index in [9.17, 15) is 0 Å². The Kier molecular flexibility index (Phi) is 2.43. The molecule has 0 atom stereocenters. The highest BCUT2D eigenvalue weighted by Crippen LogP contribution is 2.30. The molecule has 0 aliphatic heterocycles. The summed E-state index contributed by atoms with van der Waals surface area (Å²) in [4.78, 5) is 4.31. The van der Waals surface area contributed by atoms with Gasteiger partial charge in [-0.05, 0) is 22.9 Å². The fourth-order valence-electron chi connectivity index (χ4n) is 2.19. The predicted molar refractivity (Wildman–Crippen MR) is 77.0 cm³/mol. The summed E-state index contributed by atoms with van der Waals surface area (Å²) in [7, 11) is 0. The minimum Gasteiger partial charge on any atom is -0.398 e. The van der Waals surface area contributed by atoms with E-state index >= 15 is 0 Å². The van der Waals surface area contributed by atoms with E-state index in [2.05, 4.69) is 25.6 Å². The monoisotopic (exact) mass is 278 g/mol. The van der Waals surface area contributed by atoms with Crippen LogP contribution < -0.4 is 5.73 Å². The number of hydrogen-bond acceptors (Lipinski definition) is 6. The van der Waals surface area contributed by atoms with E-state index < -0.39 is 0 Å². The van der Waals surface area contributed by atoms with Crippen LogP contribution in [0.15, 0.2) is 47.1 Å². The van der Waals surface area contributed by atoms with Gasteiger partial charge in [-0.1, -0.05) is 29.4 Å². The quantitative estimate of drug-likeness (QED) is 0.545. The minimum absolute atomic E-state index is 0.358. The van der Waals surface area contributed by atoms with Gasteiger partial charge in [-0.2, -0.15) is 20.4 Å². The van der Waals surface area contributed by atoms with Crippen LogP contribution >= 0.6 is 0 Å². The van der Waals surface area contributed by atoms with E-state index in [0.29, 0.717) is 28.7 Å². The first-order chi connectivity index (χ1) is 10.3. The number of benzene rings is 2. The number of nitrogen functional groups attached to an aromatic ring is 1. The Hall–Kier alpha value is -3.22. The van der Waals surface area contributed by atoms with Gasteiger partial charge < -0.3 is 10.3 Å². The summed E-state index contributed by atoms with van der Waals surface area (Å²) in [6, 6.07) is 11.8. The van der Waals surface area contributed by atoms with Gasteiger partial charge in [0.15, 0.2) is 5.69 Å². The maximum absolute atomic E-state index is 6.08. The number of H-pyrrole nitrogens is 1. The molecule has 7 heteroatoms. The third-order valence-corrected chi connectivity index (χ3v) is 3.22. The van der Waals surface area contributed by atoms with Gasteiger partial charge in [0.1, 0.15) is 0 Å². The van der Waals surface area contributed by atoms with E-state index in [4.69, 9.17) is 10.3 Å². The maximum Gasteiger partial charge on any atom is 0.260 e. The van der Waals surface area contributed by atoms with Gasteiger partial charge in [-0.3, -0.25) is 0 Å². The van der Waals surface area contributed by atoms with E-state index in [1.165, 1.54) is 6.20 Å². The highest BCUT2D eigenvalue weighted by atomic mass is 16.5. The topological polar surface area (TPSA) is 107 Å². The van der Waals surface area contributed by atoms with Crippen molar-refractivity contribution in [2.75, 3.05) is 5.73 Å². The first-order valence-corrected chi connectivity index (χ1v) is 6.30. The molecule has 2 aromatic heterocycles. The first-order valence-electron chi connectivity index (χ1n) is 6.30. The molecule has 4 rings (SSSR count). The summed E-state index contributed by atoms with van der Waals surface area (Å²) in [6.45, 7) is 0. The van der Waals surface area contributed by atoms with Crippen LogP contribution in [0, 0.1) is 0 Å². The third-order valence-electron chi connectivity index (χ3n) is 3.22. The number of aromatic nitrogens is 5. The van der Waals surface area contributed by atoms with Crippen LogP contribution in [0.25, 0.3) is 33.7 Å². The van der Waals surface area contributed by atoms with E-state index in [0.717, 1.165) is 10.8 Å². The lowest BCUT2D eigenvalue weighted by atomic mass is 10.1. The van der Waals surface area contributed by atoms with Crippen LogP contribution in [0.1, 0.15) is 0 Å². The molecule has 3 N–H and O–H groups in total. The lowest BCUT2D eigenvalue weighted by molar-refractivity contribution is 0.432. The summed E-state index contributed by atoms with van der Waals surface area (Å²) in [5.41, 5.74) is 7.89. The predicted octanol–water partition coefficient (Wildman–Crippen LogP) is 2.26. The highest BCUT2D eigenvalue weighted by Gasteiger charge is 2.15. The molecule has 7 nitrogen and oxygen atoms in total. The Labute approximate surface area is 118 Å². The molecule has 0 unspecified atom stereocenters. The van der Waals surface area contributed by atoms with Crippen molar-refractivity contribution in [3.8, 4) is 23.0 Å². The summed E-state index contributed by atoms with van der Waals surface area (Å²) < 4.78 is 5.28. The number of nitrogens with two attached hydrogens (primary N) is 1. The lowest BCUT2D eigenvalue weighted by Crippen LogP contribution is -1.91. The molecular formula is C14H10N6O. The second-order valence-electron chi connectivity index (χ2n) is 4.56. The molecule has 0 fully saturated rings. The highest BCUT2D eigenvalue weighted by molar-refractivity contribution is 5.92. The maximum atomic E-state index is 6.08. The van der Waals surface area contributed by atoms with Crippen molar-refractivity contribution in [3.63, 3.8) is 0 Å². The number of anilines is 1. The second-order valence-corrected chi connectivity index (χ2v) is 4.56. The fourth-order valence-corrected chi connectivity index (χ4v) is 2.19. The molecule has 102 valence electrons. The molecule has 0 aliphatic rings. The average molecular weight is 278 g/mol. The van der Waals surface area contributed by atoms with E-state index in [1.54, 1.807) is 0 Å². The number of rotatable bonds is 2. The number of aromatic amines is 1. The zero-order chi connectivity index (χ0) is 14.2. The molecule has 0 aliphatic carbocycles. The van der Waals surface area contributed by atoms with Crippen molar-refractivity contribution in [1.82, 2.24) is 25.6 Å². The minimum atomic E-state index is 0.358. The summed E-state index contributed by atoms with van der Waals surface area (Å²) >= 11 is 0. The molecule has 0 radical (unpaired) electrons. The molecular weight excluding hydrogens is 268 g/mol. The molecule has 4 aromatic rings. The second kappa shape index (κ2) is 4.41. The van der Waals surface area contributed by atoms with Crippen LogP contribution in [0.2, 0.25) is 0 Å². The van der Waals surface area contributed by atoms with Crippen LogP contribution in [-0.4, -0.2) is 25.6 Å². The average Bonchev–Trinajstić information content (AvgIpc) is 3.17. The van der Waals surface area contributed by atoms with Gasteiger partial charge in [0.25, 0.3) is 5.89 Å². The Bertz CT molecular complexity index is 912. The van der Waals surface area contributed by atoms with Gasteiger partial charge in [-0.15, -0.1) is 0 Å². The SMILES string of the molecule is Nc1cc2ccccc2cc1-c1nc(-c2cn[nH]n2)no1. The number of nitrogens with one attached hydrogen (secondary N) is 1. The van der Waals surface area contributed by atoms with Crippen molar-refractivity contribution in [1.29, 1.82) is 0 Å². The Morgan fingerprint density at radius 2 is 1.90 bits per heavy atom. The lowest BCUT2D eigenvalue weighted by Gasteiger charge is -2.03. The van der Waals surface area contributed by atoms with Crippen molar-refractivity contribution in [3.05, 3.63) is 42.6 Å². The normalized spacial score (nSPS) is 11.0. The van der Waals surface area contributed by atoms with Gasteiger partial charge >= 0.3 is 0 Å². The molecule has 2 heterocycles. The van der Waals surface area contributed by atoms with Crippen LogP contribution in [0.4, 0.5) is 5.69 Å². The molecule has 0 saturated carbocycles. The standard InChI is InChI=1S/C14H10N6O/c15-11-6-9-4-2-1-3-8(9)5-10(11)14-17-13(19-21-14)12-7-16-20-18-12/h1-7H,15H2,(H,16,18,20). The molecule has 2 aromatic carbocycles. The third kappa shape index (κ3) is 1.91. The number of fused-ring (bicyclic) bond motifs is 1. The smallest absolute Gasteiger partial charge is 0.260 e. The molecule has 0 amide bonds. The summed E-state index contributed by atoms with van der Waals surface area (Å²) in [6.07, 6.45) is 1.53. The van der Waals surface area contributed by atoms with Crippen molar-refractivity contribution in [2.24, 2.45) is 0 Å². The Balaban J connectivity index is 1.85. The van der Waals surface area contributed by atoms with Gasteiger partial charge in [0.05, 0.1) is 11.8 Å². The molecule has 0 spiro atoms. The van der Waals surface area contributed by atoms with Crippen LogP contribution in [0.3, 0.4) is 0 Å². The molecule has 0 saturated heterocycles. The van der Waals surface area contributed by atoms with E-state index in [1.807, 2.05) is 36.4 Å². The fraction of sp³-hybridized carbons (Fsp3) is 0. The van der Waals surface area contributed by atoms with Crippen LogP contribution in [-0.2, 0) is 0 Å². The van der Waals surface area contributed by atoms with Crippen LogP contribution in [0.5, 0.6) is 0 Å². The molecule has 0 bridgehead atoms.